The summed E-state index contributed by atoms with van der Waals surface area (Å²) in [5.74, 6) is 2.88. The van der Waals surface area contributed by atoms with Gasteiger partial charge in [-0.15, -0.1) is 0 Å². The largest absolute Gasteiger partial charge is 0.493 e. The van der Waals surface area contributed by atoms with Crippen LogP contribution < -0.4 is 20.5 Å². The number of nitrogens with one attached hydrogen (secondary N) is 1. The number of carbonyl (C=O) groups excluding carboxylic acids is 1. The Morgan fingerprint density at radius 3 is 2.53 bits per heavy atom. The molecule has 36 heavy (non-hydrogen) atoms. The number of benzene rings is 1. The minimum Gasteiger partial charge on any atom is -0.493 e. The van der Waals surface area contributed by atoms with Crippen LogP contribution in [0.4, 0.5) is 0 Å². The Labute approximate surface area is 218 Å². The molecule has 0 heterocycles. The SMILES string of the molecule is COCCCOc1cc(CC(CC(N)C(O)CNC(=O)C(C)(C)CCC2CC2)C(C)C)ccc1OC. The summed E-state index contributed by atoms with van der Waals surface area (Å²) in [6.45, 7) is 9.71. The van der Waals surface area contributed by atoms with Gasteiger partial charge in [0.15, 0.2) is 11.5 Å². The quantitative estimate of drug-likeness (QED) is 0.256. The van der Waals surface area contributed by atoms with E-state index in [0.717, 1.165) is 42.9 Å². The molecule has 0 bridgehead atoms. The molecule has 1 aromatic carbocycles. The summed E-state index contributed by atoms with van der Waals surface area (Å²) in [7, 11) is 3.32. The highest BCUT2D eigenvalue weighted by Crippen LogP contribution is 2.37. The van der Waals surface area contributed by atoms with E-state index < -0.39 is 17.6 Å². The van der Waals surface area contributed by atoms with Gasteiger partial charge in [-0.2, -0.15) is 0 Å². The summed E-state index contributed by atoms with van der Waals surface area (Å²) >= 11 is 0. The minimum absolute atomic E-state index is 0.00827. The van der Waals surface area contributed by atoms with Crippen LogP contribution in [0.1, 0.15) is 71.8 Å². The van der Waals surface area contributed by atoms with Gasteiger partial charge in [-0.1, -0.05) is 46.6 Å². The first kappa shape index (κ1) is 30.4. The van der Waals surface area contributed by atoms with Crippen LogP contribution in [0.3, 0.4) is 0 Å². The molecular formula is C29H50N2O5. The van der Waals surface area contributed by atoms with Crippen molar-refractivity contribution in [2.24, 2.45) is 28.9 Å². The van der Waals surface area contributed by atoms with Gasteiger partial charge in [-0.25, -0.2) is 0 Å². The van der Waals surface area contributed by atoms with Crippen molar-refractivity contribution in [2.75, 3.05) is 34.0 Å². The number of hydrogen-bond acceptors (Lipinski definition) is 6. The van der Waals surface area contributed by atoms with E-state index in [-0.39, 0.29) is 18.4 Å². The minimum atomic E-state index is -0.787. The second-order valence-corrected chi connectivity index (χ2v) is 11.4. The first-order valence-corrected chi connectivity index (χ1v) is 13.6. The standard InChI is InChI=1S/C29H50N2O5/c1-20(2)23(16-22-10-11-26(35-6)27(17-22)36-15-7-14-34-5)18-24(30)25(32)19-31-28(33)29(3,4)13-12-21-8-9-21/h10-11,17,20-21,23-25,32H,7-9,12-16,18-19,30H2,1-6H3,(H,31,33). The average molecular weight is 507 g/mol. The number of hydrogen-bond donors (Lipinski definition) is 3. The molecule has 0 radical (unpaired) electrons. The predicted molar refractivity (Wildman–Crippen MR) is 144 cm³/mol. The van der Waals surface area contributed by atoms with Gasteiger partial charge in [0.2, 0.25) is 5.91 Å². The monoisotopic (exact) mass is 506 g/mol. The van der Waals surface area contributed by atoms with Crippen LogP contribution in [0.2, 0.25) is 0 Å². The van der Waals surface area contributed by atoms with E-state index in [1.165, 1.54) is 12.8 Å². The fourth-order valence-electron chi connectivity index (χ4n) is 4.42. The van der Waals surface area contributed by atoms with Crippen LogP contribution >= 0.6 is 0 Å². The number of nitrogens with two attached hydrogens (primary N) is 1. The first-order chi connectivity index (χ1) is 17.1. The molecule has 0 aliphatic heterocycles. The number of aliphatic hydroxyl groups excluding tert-OH is 1. The van der Waals surface area contributed by atoms with Crippen LogP contribution in [-0.4, -0.2) is 57.1 Å². The molecule has 4 N–H and O–H groups in total. The summed E-state index contributed by atoms with van der Waals surface area (Å²) in [5.41, 5.74) is 7.14. The Morgan fingerprint density at radius 1 is 1.19 bits per heavy atom. The molecule has 1 saturated carbocycles. The maximum atomic E-state index is 12.7. The van der Waals surface area contributed by atoms with Crippen molar-refractivity contribution in [1.29, 1.82) is 0 Å². The third-order valence-corrected chi connectivity index (χ3v) is 7.45. The average Bonchev–Trinajstić information content (AvgIpc) is 3.68. The number of rotatable bonds is 18. The number of carbonyl (C=O) groups is 1. The van der Waals surface area contributed by atoms with Gasteiger partial charge < -0.3 is 30.4 Å². The predicted octanol–water partition coefficient (Wildman–Crippen LogP) is 4.34. The van der Waals surface area contributed by atoms with Crippen molar-refractivity contribution in [2.45, 2.75) is 84.8 Å². The van der Waals surface area contributed by atoms with Crippen LogP contribution in [0.25, 0.3) is 0 Å². The lowest BCUT2D eigenvalue weighted by atomic mass is 9.83. The lowest BCUT2D eigenvalue weighted by molar-refractivity contribution is -0.130. The van der Waals surface area contributed by atoms with E-state index >= 15 is 0 Å². The molecular weight excluding hydrogens is 456 g/mol. The number of amides is 1. The fraction of sp³-hybridized carbons (Fsp3) is 0.759. The van der Waals surface area contributed by atoms with E-state index in [0.29, 0.717) is 31.3 Å². The van der Waals surface area contributed by atoms with Gasteiger partial charge in [0.1, 0.15) is 0 Å². The van der Waals surface area contributed by atoms with E-state index in [1.807, 2.05) is 26.0 Å². The summed E-state index contributed by atoms with van der Waals surface area (Å²) in [6.07, 6.45) is 6.06. The maximum Gasteiger partial charge on any atom is 0.225 e. The zero-order chi connectivity index (χ0) is 26.7. The van der Waals surface area contributed by atoms with E-state index in [9.17, 15) is 9.90 Å². The van der Waals surface area contributed by atoms with Gasteiger partial charge in [-0.05, 0) is 61.1 Å². The number of methoxy groups -OCH3 is 2. The Hall–Kier alpha value is -1.83. The lowest BCUT2D eigenvalue weighted by Crippen LogP contribution is -2.47. The number of aliphatic hydroxyl groups is 1. The lowest BCUT2D eigenvalue weighted by Gasteiger charge is -2.29. The van der Waals surface area contributed by atoms with E-state index in [4.69, 9.17) is 19.9 Å². The van der Waals surface area contributed by atoms with Crippen molar-refractivity contribution >= 4 is 5.91 Å². The normalized spacial score (nSPS) is 16.5. The first-order valence-electron chi connectivity index (χ1n) is 13.6. The van der Waals surface area contributed by atoms with Crippen molar-refractivity contribution in [1.82, 2.24) is 5.32 Å². The van der Waals surface area contributed by atoms with Gasteiger partial charge in [-0.3, -0.25) is 4.79 Å². The highest BCUT2D eigenvalue weighted by molar-refractivity contribution is 5.81. The molecule has 3 unspecified atom stereocenters. The van der Waals surface area contributed by atoms with Crippen molar-refractivity contribution < 1.29 is 24.1 Å². The molecule has 1 amide bonds. The molecule has 7 nitrogen and oxygen atoms in total. The van der Waals surface area contributed by atoms with Crippen LogP contribution in [0, 0.1) is 23.2 Å². The molecule has 206 valence electrons. The van der Waals surface area contributed by atoms with E-state index in [2.05, 4.69) is 25.2 Å². The highest BCUT2D eigenvalue weighted by Gasteiger charge is 2.32. The summed E-state index contributed by atoms with van der Waals surface area (Å²) < 4.78 is 16.5. The fourth-order valence-corrected chi connectivity index (χ4v) is 4.42. The Balaban J connectivity index is 1.90. The van der Waals surface area contributed by atoms with Crippen LogP contribution in [-0.2, 0) is 16.0 Å². The molecule has 7 heteroatoms. The second kappa shape index (κ2) is 14.8. The van der Waals surface area contributed by atoms with Crippen molar-refractivity contribution in [3.8, 4) is 11.5 Å². The summed E-state index contributed by atoms with van der Waals surface area (Å²) in [6, 6.07) is 5.61. The Bertz CT molecular complexity index is 794. The smallest absolute Gasteiger partial charge is 0.225 e. The van der Waals surface area contributed by atoms with Crippen LogP contribution in [0.15, 0.2) is 18.2 Å². The summed E-state index contributed by atoms with van der Waals surface area (Å²) in [4.78, 5) is 12.7. The van der Waals surface area contributed by atoms with Crippen molar-refractivity contribution in [3.63, 3.8) is 0 Å². The Kier molecular flexibility index (Phi) is 12.5. The molecule has 1 aromatic rings. The topological polar surface area (TPSA) is 103 Å². The van der Waals surface area contributed by atoms with Gasteiger partial charge in [0, 0.05) is 38.1 Å². The van der Waals surface area contributed by atoms with Gasteiger partial charge in [0.05, 0.1) is 19.8 Å². The molecule has 0 aromatic heterocycles. The van der Waals surface area contributed by atoms with Gasteiger partial charge >= 0.3 is 0 Å². The van der Waals surface area contributed by atoms with Crippen LogP contribution in [0.5, 0.6) is 11.5 Å². The van der Waals surface area contributed by atoms with E-state index in [1.54, 1.807) is 14.2 Å². The third kappa shape index (κ3) is 10.3. The van der Waals surface area contributed by atoms with Crippen molar-refractivity contribution in [3.05, 3.63) is 23.8 Å². The molecule has 0 saturated heterocycles. The zero-order valence-electron chi connectivity index (χ0n) is 23.3. The van der Waals surface area contributed by atoms with Gasteiger partial charge in [0.25, 0.3) is 0 Å². The highest BCUT2D eigenvalue weighted by atomic mass is 16.5. The second-order valence-electron chi connectivity index (χ2n) is 11.4. The molecule has 1 fully saturated rings. The molecule has 3 atom stereocenters. The zero-order valence-corrected chi connectivity index (χ0v) is 23.3. The Morgan fingerprint density at radius 2 is 1.92 bits per heavy atom. The molecule has 0 spiro atoms. The molecule has 2 rings (SSSR count). The molecule has 1 aliphatic carbocycles. The number of ether oxygens (including phenoxy) is 3. The summed E-state index contributed by atoms with van der Waals surface area (Å²) in [5, 5.41) is 13.7. The maximum absolute atomic E-state index is 12.7. The molecule has 1 aliphatic rings. The third-order valence-electron chi connectivity index (χ3n) is 7.45.